The van der Waals surface area contributed by atoms with Gasteiger partial charge in [-0.05, 0) is 49.7 Å². The molecule has 176 valence electrons. The van der Waals surface area contributed by atoms with E-state index >= 15 is 0 Å². The second kappa shape index (κ2) is 10.1. The average molecular weight is 473 g/mol. The van der Waals surface area contributed by atoms with E-state index in [0.29, 0.717) is 22.9 Å². The first kappa shape index (κ1) is 24.3. The van der Waals surface area contributed by atoms with Gasteiger partial charge in [0.25, 0.3) is 5.91 Å². The quantitative estimate of drug-likeness (QED) is 0.495. The second-order valence-electron chi connectivity index (χ2n) is 7.75. The third-order valence-electron chi connectivity index (χ3n) is 4.90. The Balaban J connectivity index is 1.99. The van der Waals surface area contributed by atoms with Crippen molar-refractivity contribution in [2.75, 3.05) is 14.2 Å². The van der Waals surface area contributed by atoms with E-state index in [1.807, 2.05) is 7.05 Å². The molecule has 2 N–H and O–H groups in total. The molecule has 1 atom stereocenters. The zero-order valence-corrected chi connectivity index (χ0v) is 20.0. The summed E-state index contributed by atoms with van der Waals surface area (Å²) in [5.74, 6) is 1.26. The minimum Gasteiger partial charge on any atom is -0.497 e. The minimum atomic E-state index is -3.74. The number of aryl methyl sites for hydroxylation is 1. The Bertz CT molecular complexity index is 1210. The van der Waals surface area contributed by atoms with Gasteiger partial charge in [0.2, 0.25) is 10.0 Å². The first-order valence-electron chi connectivity index (χ1n) is 10.3. The molecule has 10 heteroatoms. The fourth-order valence-corrected chi connectivity index (χ4v) is 4.64. The van der Waals surface area contributed by atoms with Crippen molar-refractivity contribution in [3.05, 3.63) is 71.8 Å². The Labute approximate surface area is 193 Å². The number of sulfonamides is 1. The van der Waals surface area contributed by atoms with Crippen LogP contribution in [-0.4, -0.2) is 44.1 Å². The molecule has 0 aliphatic rings. The summed E-state index contributed by atoms with van der Waals surface area (Å²) in [5, 5.41) is 2.97. The van der Waals surface area contributed by atoms with Gasteiger partial charge in [-0.2, -0.15) is 0 Å². The highest BCUT2D eigenvalue weighted by Crippen LogP contribution is 2.29. The Morgan fingerprint density at radius 2 is 1.73 bits per heavy atom. The number of imidazole rings is 1. The average Bonchev–Trinajstić information content (AvgIpc) is 3.21. The third-order valence-corrected chi connectivity index (χ3v) is 6.55. The number of benzene rings is 2. The van der Waals surface area contributed by atoms with E-state index in [9.17, 15) is 13.2 Å². The molecule has 0 radical (unpaired) electrons. The Kier molecular flexibility index (Phi) is 7.39. The fourth-order valence-electron chi connectivity index (χ4n) is 3.35. The van der Waals surface area contributed by atoms with E-state index in [1.165, 1.54) is 18.2 Å². The highest BCUT2D eigenvalue weighted by molar-refractivity contribution is 7.89. The largest absolute Gasteiger partial charge is 0.497 e. The number of rotatable bonds is 9. The summed E-state index contributed by atoms with van der Waals surface area (Å²) in [6.45, 7) is 3.46. The molecule has 0 aliphatic carbocycles. The lowest BCUT2D eigenvalue weighted by atomic mass is 10.0. The van der Waals surface area contributed by atoms with Crippen LogP contribution in [0.4, 0.5) is 0 Å². The second-order valence-corrected chi connectivity index (χ2v) is 9.47. The molecule has 1 heterocycles. The molecule has 1 amide bonds. The number of hydrogen-bond acceptors (Lipinski definition) is 6. The Morgan fingerprint density at radius 1 is 1.06 bits per heavy atom. The van der Waals surface area contributed by atoms with Crippen molar-refractivity contribution in [2.45, 2.75) is 30.8 Å². The van der Waals surface area contributed by atoms with Crippen molar-refractivity contribution in [2.24, 2.45) is 7.05 Å². The maximum absolute atomic E-state index is 13.2. The van der Waals surface area contributed by atoms with Gasteiger partial charge in [-0.15, -0.1) is 0 Å². The topological polar surface area (TPSA) is 112 Å². The predicted octanol–water partition coefficient (Wildman–Crippen LogP) is 2.64. The molecular formula is C23H28N4O5S. The summed E-state index contributed by atoms with van der Waals surface area (Å²) in [5.41, 5.74) is 0.898. The highest BCUT2D eigenvalue weighted by atomic mass is 32.2. The van der Waals surface area contributed by atoms with Crippen molar-refractivity contribution < 1.29 is 22.7 Å². The summed E-state index contributed by atoms with van der Waals surface area (Å²) < 4.78 is 40.2. The summed E-state index contributed by atoms with van der Waals surface area (Å²) in [6, 6.07) is 10.3. The highest BCUT2D eigenvalue weighted by Gasteiger charge is 2.24. The number of ether oxygens (including phenoxy) is 2. The number of aromatic nitrogens is 2. The van der Waals surface area contributed by atoms with Gasteiger partial charge in [0.05, 0.1) is 19.1 Å². The molecule has 3 aromatic rings. The molecule has 0 bridgehead atoms. The van der Waals surface area contributed by atoms with Crippen molar-refractivity contribution in [1.29, 1.82) is 0 Å². The maximum atomic E-state index is 13.2. The normalized spacial score (nSPS) is 12.4. The van der Waals surface area contributed by atoms with Crippen molar-refractivity contribution in [1.82, 2.24) is 19.6 Å². The number of carbonyl (C=O) groups excluding carboxylic acids is 1. The number of methoxy groups -OCH3 is 2. The lowest BCUT2D eigenvalue weighted by Gasteiger charge is -2.21. The molecule has 0 fully saturated rings. The monoisotopic (exact) mass is 472 g/mol. The van der Waals surface area contributed by atoms with E-state index < -0.39 is 22.0 Å². The third kappa shape index (κ3) is 5.71. The molecule has 3 rings (SSSR count). The number of nitrogens with zero attached hydrogens (tertiary/aromatic N) is 2. The van der Waals surface area contributed by atoms with Crippen LogP contribution < -0.4 is 19.5 Å². The van der Waals surface area contributed by atoms with Crippen LogP contribution in [0.5, 0.6) is 11.5 Å². The summed E-state index contributed by atoms with van der Waals surface area (Å²) in [4.78, 5) is 17.6. The smallest absolute Gasteiger partial charge is 0.252 e. The standard InChI is InChI=1S/C23H28N4O5S/c1-15(2)26-33(29,30)20-8-6-7-16(13-20)23(28)25-21(22-24-9-10-27(22)3)17-11-18(31-4)14-19(12-17)32-5/h6-15,21,26H,1-5H3,(H,25,28). The van der Waals surface area contributed by atoms with Crippen molar-refractivity contribution in [3.63, 3.8) is 0 Å². The molecule has 0 aliphatic heterocycles. The number of amides is 1. The van der Waals surface area contributed by atoms with Crippen LogP contribution in [-0.2, 0) is 17.1 Å². The molecular weight excluding hydrogens is 444 g/mol. The van der Waals surface area contributed by atoms with Gasteiger partial charge in [-0.3, -0.25) is 4.79 Å². The van der Waals surface area contributed by atoms with Gasteiger partial charge >= 0.3 is 0 Å². The lowest BCUT2D eigenvalue weighted by molar-refractivity contribution is 0.0940. The van der Waals surface area contributed by atoms with E-state index in [1.54, 1.807) is 69.3 Å². The van der Waals surface area contributed by atoms with Gasteiger partial charge in [-0.1, -0.05) is 6.07 Å². The first-order valence-corrected chi connectivity index (χ1v) is 11.8. The van der Waals surface area contributed by atoms with Crippen molar-refractivity contribution >= 4 is 15.9 Å². The molecule has 1 unspecified atom stereocenters. The van der Waals surface area contributed by atoms with Gasteiger partial charge in [-0.25, -0.2) is 18.1 Å². The van der Waals surface area contributed by atoms with Crippen LogP contribution in [0.3, 0.4) is 0 Å². The molecule has 0 spiro atoms. The van der Waals surface area contributed by atoms with Crippen LogP contribution in [0.15, 0.2) is 59.8 Å². The lowest BCUT2D eigenvalue weighted by Crippen LogP contribution is -2.32. The van der Waals surface area contributed by atoms with E-state index in [2.05, 4.69) is 15.0 Å². The van der Waals surface area contributed by atoms with Crippen LogP contribution in [0.1, 0.15) is 41.6 Å². The van der Waals surface area contributed by atoms with Gasteiger partial charge in [0.1, 0.15) is 23.4 Å². The van der Waals surface area contributed by atoms with Crippen molar-refractivity contribution in [3.8, 4) is 11.5 Å². The van der Waals surface area contributed by atoms with Crippen LogP contribution in [0, 0.1) is 0 Å². The molecule has 33 heavy (non-hydrogen) atoms. The van der Waals surface area contributed by atoms with Crippen LogP contribution >= 0.6 is 0 Å². The van der Waals surface area contributed by atoms with E-state index in [0.717, 1.165) is 0 Å². The summed E-state index contributed by atoms with van der Waals surface area (Å²) >= 11 is 0. The molecule has 0 saturated heterocycles. The van der Waals surface area contributed by atoms with Crippen LogP contribution in [0.2, 0.25) is 0 Å². The molecule has 0 saturated carbocycles. The van der Waals surface area contributed by atoms with Crippen LogP contribution in [0.25, 0.3) is 0 Å². The first-order chi connectivity index (χ1) is 15.6. The predicted molar refractivity (Wildman–Crippen MR) is 124 cm³/mol. The number of nitrogens with one attached hydrogen (secondary N) is 2. The van der Waals surface area contributed by atoms with E-state index in [4.69, 9.17) is 9.47 Å². The minimum absolute atomic E-state index is 0.0143. The zero-order valence-electron chi connectivity index (χ0n) is 19.2. The summed E-state index contributed by atoms with van der Waals surface area (Å²) in [6.07, 6.45) is 3.41. The SMILES string of the molecule is COc1cc(OC)cc(C(NC(=O)c2cccc(S(=O)(=O)NC(C)C)c2)c2nccn2C)c1. The molecule has 2 aromatic carbocycles. The number of hydrogen-bond donors (Lipinski definition) is 2. The maximum Gasteiger partial charge on any atom is 0.252 e. The van der Waals surface area contributed by atoms with Gasteiger partial charge in [0.15, 0.2) is 0 Å². The molecule has 9 nitrogen and oxygen atoms in total. The Hall–Kier alpha value is -3.37. The number of carbonyl (C=O) groups is 1. The van der Waals surface area contributed by atoms with Gasteiger partial charge in [0, 0.05) is 37.1 Å². The van der Waals surface area contributed by atoms with Gasteiger partial charge < -0.3 is 19.4 Å². The summed E-state index contributed by atoms with van der Waals surface area (Å²) in [7, 11) is 1.17. The fraction of sp³-hybridized carbons (Fsp3) is 0.304. The van der Waals surface area contributed by atoms with E-state index in [-0.39, 0.29) is 16.5 Å². The Morgan fingerprint density at radius 3 is 2.27 bits per heavy atom. The molecule has 1 aromatic heterocycles. The zero-order chi connectivity index (χ0) is 24.2.